The summed E-state index contributed by atoms with van der Waals surface area (Å²) in [7, 11) is 0. The predicted molar refractivity (Wildman–Crippen MR) is 28.1 cm³/mol. The third kappa shape index (κ3) is 0.857. The van der Waals surface area contributed by atoms with Gasteiger partial charge >= 0.3 is 0 Å². The molecule has 1 aromatic rings. The molecular formula is C5H7N2O. The van der Waals surface area contributed by atoms with Gasteiger partial charge in [-0.15, -0.1) is 10.2 Å². The third-order valence-electron chi connectivity index (χ3n) is 0.782. The SMILES string of the molecule is [CH2]Cc1nnc(C)o1. The van der Waals surface area contributed by atoms with Crippen molar-refractivity contribution in [3.05, 3.63) is 18.7 Å². The Labute approximate surface area is 47.7 Å². The molecule has 0 unspecified atom stereocenters. The molecule has 0 aliphatic heterocycles. The van der Waals surface area contributed by atoms with Gasteiger partial charge in [0, 0.05) is 13.3 Å². The van der Waals surface area contributed by atoms with Gasteiger partial charge in [-0.2, -0.15) is 0 Å². The van der Waals surface area contributed by atoms with Gasteiger partial charge in [-0.1, -0.05) is 0 Å². The van der Waals surface area contributed by atoms with Gasteiger partial charge in [0.1, 0.15) is 0 Å². The molecule has 0 amide bonds. The van der Waals surface area contributed by atoms with Crippen LogP contribution in [0, 0.1) is 13.8 Å². The number of rotatable bonds is 1. The fraction of sp³-hybridized carbons (Fsp3) is 0.400. The molecule has 1 radical (unpaired) electrons. The first-order chi connectivity index (χ1) is 3.83. The Hall–Kier alpha value is -0.860. The molecule has 3 heteroatoms. The molecular weight excluding hydrogens is 104 g/mol. The fourth-order valence-electron chi connectivity index (χ4n) is 0.439. The monoisotopic (exact) mass is 111 g/mol. The summed E-state index contributed by atoms with van der Waals surface area (Å²) in [6.45, 7) is 5.33. The second kappa shape index (κ2) is 1.94. The lowest BCUT2D eigenvalue weighted by atomic mass is 10.5. The van der Waals surface area contributed by atoms with Crippen molar-refractivity contribution in [2.24, 2.45) is 0 Å². The van der Waals surface area contributed by atoms with Gasteiger partial charge in [-0.3, -0.25) is 0 Å². The van der Waals surface area contributed by atoms with E-state index in [0.717, 1.165) is 0 Å². The van der Waals surface area contributed by atoms with E-state index >= 15 is 0 Å². The zero-order chi connectivity index (χ0) is 5.98. The summed E-state index contributed by atoms with van der Waals surface area (Å²) in [6.07, 6.45) is 0.570. The van der Waals surface area contributed by atoms with Crippen molar-refractivity contribution in [3.8, 4) is 0 Å². The van der Waals surface area contributed by atoms with Crippen LogP contribution < -0.4 is 0 Å². The molecule has 0 fully saturated rings. The van der Waals surface area contributed by atoms with Crippen molar-refractivity contribution >= 4 is 0 Å². The molecule has 1 heterocycles. The summed E-state index contributed by atoms with van der Waals surface area (Å²) >= 11 is 0. The Morgan fingerprint density at radius 3 is 2.62 bits per heavy atom. The van der Waals surface area contributed by atoms with E-state index in [1.165, 1.54) is 0 Å². The molecule has 3 nitrogen and oxygen atoms in total. The molecule has 0 N–H and O–H groups in total. The molecule has 43 valence electrons. The maximum absolute atomic E-state index is 4.95. The Kier molecular flexibility index (Phi) is 1.28. The van der Waals surface area contributed by atoms with E-state index in [1.807, 2.05) is 0 Å². The first kappa shape index (κ1) is 5.28. The van der Waals surface area contributed by atoms with Crippen LogP contribution in [-0.4, -0.2) is 10.2 Å². The molecule has 1 rings (SSSR count). The summed E-state index contributed by atoms with van der Waals surface area (Å²) in [4.78, 5) is 0. The highest BCUT2D eigenvalue weighted by atomic mass is 16.4. The summed E-state index contributed by atoms with van der Waals surface area (Å²) in [6, 6.07) is 0. The molecule has 0 aliphatic rings. The maximum atomic E-state index is 4.95. The summed E-state index contributed by atoms with van der Waals surface area (Å²) < 4.78 is 4.95. The van der Waals surface area contributed by atoms with E-state index < -0.39 is 0 Å². The fourth-order valence-corrected chi connectivity index (χ4v) is 0.439. The third-order valence-corrected chi connectivity index (χ3v) is 0.782. The largest absolute Gasteiger partial charge is 0.426 e. The van der Waals surface area contributed by atoms with Gasteiger partial charge in [0.25, 0.3) is 0 Å². The molecule has 8 heavy (non-hydrogen) atoms. The maximum Gasteiger partial charge on any atom is 0.216 e. The number of aromatic nitrogens is 2. The van der Waals surface area contributed by atoms with Crippen molar-refractivity contribution in [3.63, 3.8) is 0 Å². The molecule has 0 aromatic carbocycles. The van der Waals surface area contributed by atoms with Gasteiger partial charge in [-0.05, 0) is 6.92 Å². The number of hydrogen-bond acceptors (Lipinski definition) is 3. The summed E-state index contributed by atoms with van der Waals surface area (Å²) in [5.41, 5.74) is 0. The van der Waals surface area contributed by atoms with Crippen molar-refractivity contribution < 1.29 is 4.42 Å². The smallest absolute Gasteiger partial charge is 0.216 e. The summed E-state index contributed by atoms with van der Waals surface area (Å²) in [5, 5.41) is 7.29. The zero-order valence-corrected chi connectivity index (χ0v) is 4.72. The van der Waals surface area contributed by atoms with Crippen molar-refractivity contribution in [2.75, 3.05) is 0 Å². The van der Waals surface area contributed by atoms with Gasteiger partial charge in [0.15, 0.2) is 0 Å². The van der Waals surface area contributed by atoms with Gasteiger partial charge in [0.05, 0.1) is 0 Å². The number of aryl methyl sites for hydroxylation is 1. The van der Waals surface area contributed by atoms with Crippen LogP contribution in [0.1, 0.15) is 11.8 Å². The minimum Gasteiger partial charge on any atom is -0.426 e. The lowest BCUT2D eigenvalue weighted by Crippen LogP contribution is -1.76. The molecule has 0 spiro atoms. The molecule has 0 aliphatic carbocycles. The van der Waals surface area contributed by atoms with E-state index in [0.29, 0.717) is 18.2 Å². The molecule has 0 saturated carbocycles. The Morgan fingerprint density at radius 1 is 1.62 bits per heavy atom. The summed E-state index contributed by atoms with van der Waals surface area (Å²) in [5.74, 6) is 1.20. The normalized spacial score (nSPS) is 9.75. The Balaban J connectivity index is 2.84. The quantitative estimate of drug-likeness (QED) is 0.537. The van der Waals surface area contributed by atoms with Crippen LogP contribution >= 0.6 is 0 Å². The average molecular weight is 111 g/mol. The Bertz CT molecular complexity index is 171. The highest BCUT2D eigenvalue weighted by Crippen LogP contribution is 1.95. The Morgan fingerprint density at radius 2 is 2.38 bits per heavy atom. The van der Waals surface area contributed by atoms with Crippen LogP contribution in [0.3, 0.4) is 0 Å². The molecule has 0 bridgehead atoms. The van der Waals surface area contributed by atoms with Crippen molar-refractivity contribution in [1.29, 1.82) is 0 Å². The second-order valence-corrected chi connectivity index (χ2v) is 1.46. The number of hydrogen-bond donors (Lipinski definition) is 0. The lowest BCUT2D eigenvalue weighted by Gasteiger charge is -1.77. The minimum atomic E-state index is 0.570. The van der Waals surface area contributed by atoms with Crippen LogP contribution in [0.25, 0.3) is 0 Å². The standard InChI is InChI=1S/C5H7N2O/c1-3-5-7-6-4(2)8-5/h1,3H2,2H3. The topological polar surface area (TPSA) is 38.9 Å². The van der Waals surface area contributed by atoms with Crippen LogP contribution in [0.4, 0.5) is 0 Å². The van der Waals surface area contributed by atoms with Crippen LogP contribution in [0.15, 0.2) is 4.42 Å². The molecule has 0 atom stereocenters. The van der Waals surface area contributed by atoms with Gasteiger partial charge < -0.3 is 4.42 Å². The van der Waals surface area contributed by atoms with E-state index in [4.69, 9.17) is 4.42 Å². The van der Waals surface area contributed by atoms with Crippen molar-refractivity contribution in [2.45, 2.75) is 13.3 Å². The van der Waals surface area contributed by atoms with E-state index in [-0.39, 0.29) is 0 Å². The predicted octanol–water partition coefficient (Wildman–Crippen LogP) is 0.755. The van der Waals surface area contributed by atoms with E-state index in [9.17, 15) is 0 Å². The van der Waals surface area contributed by atoms with Gasteiger partial charge in [-0.25, -0.2) is 0 Å². The van der Waals surface area contributed by atoms with E-state index in [2.05, 4.69) is 17.1 Å². The molecule has 1 aromatic heterocycles. The highest BCUT2D eigenvalue weighted by molar-refractivity contribution is 4.79. The van der Waals surface area contributed by atoms with Crippen molar-refractivity contribution in [1.82, 2.24) is 10.2 Å². The zero-order valence-electron chi connectivity index (χ0n) is 4.72. The first-order valence-electron chi connectivity index (χ1n) is 2.41. The van der Waals surface area contributed by atoms with Crippen LogP contribution in [0.2, 0.25) is 0 Å². The minimum absolute atomic E-state index is 0.570. The molecule has 0 saturated heterocycles. The number of nitrogens with zero attached hydrogens (tertiary/aromatic N) is 2. The second-order valence-electron chi connectivity index (χ2n) is 1.46. The lowest BCUT2D eigenvalue weighted by molar-refractivity contribution is 0.478. The average Bonchev–Trinajstić information content (AvgIpc) is 2.14. The highest BCUT2D eigenvalue weighted by Gasteiger charge is 1.95. The van der Waals surface area contributed by atoms with Gasteiger partial charge in [0.2, 0.25) is 11.8 Å². The first-order valence-corrected chi connectivity index (χ1v) is 2.41. The van der Waals surface area contributed by atoms with Crippen LogP contribution in [-0.2, 0) is 6.42 Å². The van der Waals surface area contributed by atoms with Crippen LogP contribution in [0.5, 0.6) is 0 Å². The van der Waals surface area contributed by atoms with E-state index in [1.54, 1.807) is 6.92 Å².